The molecule has 2 aromatic rings. The maximum absolute atomic E-state index is 14.0. The molecule has 7 heteroatoms. The average Bonchev–Trinajstić information content (AvgIpc) is 3.03. The van der Waals surface area contributed by atoms with Gasteiger partial charge in [-0.05, 0) is 80.3 Å². The van der Waals surface area contributed by atoms with Crippen molar-refractivity contribution in [1.29, 1.82) is 0 Å². The van der Waals surface area contributed by atoms with Crippen molar-refractivity contribution in [1.82, 2.24) is 0 Å². The summed E-state index contributed by atoms with van der Waals surface area (Å²) in [5.74, 6) is 0.158. The summed E-state index contributed by atoms with van der Waals surface area (Å²) in [5.41, 5.74) is 1.51. The third-order valence-corrected chi connectivity index (χ3v) is 8.80. The van der Waals surface area contributed by atoms with E-state index in [1.807, 2.05) is 19.1 Å². The Bertz CT molecular complexity index is 1110. The van der Waals surface area contributed by atoms with E-state index in [0.29, 0.717) is 53.9 Å². The van der Waals surface area contributed by atoms with Crippen molar-refractivity contribution >= 4 is 23.5 Å². The molecule has 244 valence electrons. The molecule has 0 spiro atoms. The Labute approximate surface area is 269 Å². The molecule has 3 rings (SSSR count). The van der Waals surface area contributed by atoms with Gasteiger partial charge in [-0.3, -0.25) is 0 Å². The molecule has 0 N–H and O–H groups in total. The molecule has 0 aromatic heterocycles. The maximum atomic E-state index is 14.0. The lowest BCUT2D eigenvalue weighted by Gasteiger charge is -2.29. The molecule has 1 aliphatic carbocycles. The molecule has 0 bridgehead atoms. The van der Waals surface area contributed by atoms with Crippen LogP contribution in [0.15, 0.2) is 42.5 Å². The fraction of sp³-hybridized carbons (Fsp3) is 0.622. The Hall–Kier alpha value is -2.60. The summed E-state index contributed by atoms with van der Waals surface area (Å²) >= 11 is 6.41. The minimum Gasteiger partial charge on any atom is -0.492 e. The first kappa shape index (κ1) is 35.9. The number of esters is 2. The zero-order chi connectivity index (χ0) is 31.6. The molecular formula is C37H52ClFO5. The lowest BCUT2D eigenvalue weighted by molar-refractivity contribution is -0.157. The number of alkyl halides is 1. The first-order chi connectivity index (χ1) is 21.4. The van der Waals surface area contributed by atoms with E-state index in [0.717, 1.165) is 37.7 Å². The second kappa shape index (κ2) is 20.4. The summed E-state index contributed by atoms with van der Waals surface area (Å²) in [7, 11) is 0. The molecule has 0 amide bonds. The summed E-state index contributed by atoms with van der Waals surface area (Å²) < 4.78 is 30.8. The standard InChI is InChI=1S/C37H52ClFO5/c1-3-5-7-8-9-10-11-12-13-14-26-42-35-25-20-30(27-33(35)38)36(40)43-31-21-16-28(17-22-31)29-18-23-32(24-19-29)44-37(41)34(39)15-6-4-2/h16-17,20-22,25,27,29,32,34H,3-15,18-19,23-24,26H2,1-2H3/t29-,32-,34-/m0/s1. The fourth-order valence-electron chi connectivity index (χ4n) is 5.74. The molecule has 1 aliphatic rings. The second-order valence-corrected chi connectivity index (χ2v) is 12.6. The highest BCUT2D eigenvalue weighted by atomic mass is 35.5. The number of benzene rings is 2. The van der Waals surface area contributed by atoms with Gasteiger partial charge in [0, 0.05) is 0 Å². The molecule has 0 radical (unpaired) electrons. The van der Waals surface area contributed by atoms with Gasteiger partial charge in [0.15, 0.2) is 6.17 Å². The molecule has 0 saturated heterocycles. The van der Waals surface area contributed by atoms with Crippen LogP contribution in [0.5, 0.6) is 11.5 Å². The van der Waals surface area contributed by atoms with Gasteiger partial charge >= 0.3 is 11.9 Å². The number of carbonyl (C=O) groups excluding carboxylic acids is 2. The Kier molecular flexibility index (Phi) is 16.7. The number of halogens is 2. The predicted molar refractivity (Wildman–Crippen MR) is 176 cm³/mol. The topological polar surface area (TPSA) is 61.8 Å². The lowest BCUT2D eigenvalue weighted by Crippen LogP contribution is -2.28. The molecule has 1 saturated carbocycles. The van der Waals surface area contributed by atoms with E-state index in [-0.39, 0.29) is 12.5 Å². The molecule has 1 atom stereocenters. The highest BCUT2D eigenvalue weighted by molar-refractivity contribution is 6.32. The first-order valence-corrected chi connectivity index (χ1v) is 17.4. The van der Waals surface area contributed by atoms with Gasteiger partial charge in [0.05, 0.1) is 17.2 Å². The molecule has 1 fully saturated rings. The van der Waals surface area contributed by atoms with Crippen molar-refractivity contribution in [2.24, 2.45) is 0 Å². The number of carbonyl (C=O) groups is 2. The Morgan fingerprint density at radius 1 is 0.818 bits per heavy atom. The normalized spacial score (nSPS) is 17.2. The van der Waals surface area contributed by atoms with Crippen LogP contribution in [0.2, 0.25) is 5.02 Å². The molecule has 44 heavy (non-hydrogen) atoms. The minimum absolute atomic E-state index is 0.220. The molecule has 5 nitrogen and oxygen atoms in total. The number of unbranched alkanes of at least 4 members (excludes halogenated alkanes) is 10. The van der Waals surface area contributed by atoms with Gasteiger partial charge in [0.1, 0.15) is 17.6 Å². The van der Waals surface area contributed by atoms with Gasteiger partial charge in [-0.25, -0.2) is 14.0 Å². The number of rotatable bonds is 20. The van der Waals surface area contributed by atoms with E-state index < -0.39 is 18.1 Å². The SMILES string of the molecule is CCCCCCCCCCCCOc1ccc(C(=O)Oc2ccc([C@H]3CC[C@H](OC(=O)[C@@H](F)CCCC)CC3)cc2)cc1Cl. The van der Waals surface area contributed by atoms with Gasteiger partial charge in [0.2, 0.25) is 0 Å². The van der Waals surface area contributed by atoms with Gasteiger partial charge < -0.3 is 14.2 Å². The van der Waals surface area contributed by atoms with Crippen LogP contribution in [0.25, 0.3) is 0 Å². The fourth-order valence-corrected chi connectivity index (χ4v) is 5.98. The third-order valence-electron chi connectivity index (χ3n) is 8.51. The van der Waals surface area contributed by atoms with E-state index in [2.05, 4.69) is 6.92 Å². The van der Waals surface area contributed by atoms with Crippen molar-refractivity contribution in [3.05, 3.63) is 58.6 Å². The zero-order valence-corrected chi connectivity index (χ0v) is 27.6. The van der Waals surface area contributed by atoms with Crippen LogP contribution < -0.4 is 9.47 Å². The van der Waals surface area contributed by atoms with Crippen molar-refractivity contribution in [2.45, 2.75) is 141 Å². The first-order valence-electron chi connectivity index (χ1n) is 17.0. The molecule has 0 heterocycles. The summed E-state index contributed by atoms with van der Waals surface area (Å²) in [6.45, 7) is 4.83. The highest BCUT2D eigenvalue weighted by Gasteiger charge is 2.28. The van der Waals surface area contributed by atoms with E-state index >= 15 is 0 Å². The minimum atomic E-state index is -1.52. The summed E-state index contributed by atoms with van der Waals surface area (Å²) in [5, 5.41) is 0.395. The van der Waals surface area contributed by atoms with Crippen molar-refractivity contribution < 1.29 is 28.2 Å². The molecule has 0 unspecified atom stereocenters. The monoisotopic (exact) mass is 630 g/mol. The molecule has 0 aliphatic heterocycles. The summed E-state index contributed by atoms with van der Waals surface area (Å²) in [6, 6.07) is 12.5. The van der Waals surface area contributed by atoms with Gasteiger partial charge in [-0.1, -0.05) is 108 Å². The van der Waals surface area contributed by atoms with Crippen molar-refractivity contribution in [2.75, 3.05) is 6.61 Å². The smallest absolute Gasteiger partial charge is 0.343 e. The zero-order valence-electron chi connectivity index (χ0n) is 26.8. The Morgan fingerprint density at radius 2 is 1.43 bits per heavy atom. The van der Waals surface area contributed by atoms with Crippen LogP contribution >= 0.6 is 11.6 Å². The van der Waals surface area contributed by atoms with Crippen LogP contribution in [0.1, 0.15) is 145 Å². The second-order valence-electron chi connectivity index (χ2n) is 12.2. The summed E-state index contributed by atoms with van der Waals surface area (Å²) in [6.07, 6.45) is 15.9. The van der Waals surface area contributed by atoms with Crippen LogP contribution in [0, 0.1) is 0 Å². The predicted octanol–water partition coefficient (Wildman–Crippen LogP) is 11.0. The van der Waals surface area contributed by atoms with Gasteiger partial charge in [-0.15, -0.1) is 0 Å². The Morgan fingerprint density at radius 3 is 2.05 bits per heavy atom. The third kappa shape index (κ3) is 12.8. The number of hydrogen-bond donors (Lipinski definition) is 0. The number of ether oxygens (including phenoxy) is 3. The largest absolute Gasteiger partial charge is 0.492 e. The number of hydrogen-bond acceptors (Lipinski definition) is 5. The van der Waals surface area contributed by atoms with E-state index in [4.69, 9.17) is 25.8 Å². The molecular weight excluding hydrogens is 579 g/mol. The van der Waals surface area contributed by atoms with Crippen LogP contribution in [0.4, 0.5) is 4.39 Å². The van der Waals surface area contributed by atoms with Crippen LogP contribution in [-0.2, 0) is 9.53 Å². The average molecular weight is 631 g/mol. The van der Waals surface area contributed by atoms with Crippen molar-refractivity contribution in [3.8, 4) is 11.5 Å². The van der Waals surface area contributed by atoms with Crippen LogP contribution in [-0.4, -0.2) is 30.8 Å². The summed E-state index contributed by atoms with van der Waals surface area (Å²) in [4.78, 5) is 24.8. The molecule has 2 aromatic carbocycles. The van der Waals surface area contributed by atoms with Gasteiger partial charge in [0.25, 0.3) is 0 Å². The van der Waals surface area contributed by atoms with E-state index in [1.165, 1.54) is 51.4 Å². The Balaban J connectivity index is 1.35. The van der Waals surface area contributed by atoms with E-state index in [1.54, 1.807) is 30.3 Å². The van der Waals surface area contributed by atoms with Crippen LogP contribution in [0.3, 0.4) is 0 Å². The highest BCUT2D eigenvalue weighted by Crippen LogP contribution is 2.35. The quantitative estimate of drug-likeness (QED) is 0.0827. The lowest BCUT2D eigenvalue weighted by atomic mass is 9.83. The van der Waals surface area contributed by atoms with Crippen molar-refractivity contribution in [3.63, 3.8) is 0 Å². The van der Waals surface area contributed by atoms with E-state index in [9.17, 15) is 14.0 Å². The maximum Gasteiger partial charge on any atom is 0.343 e. The van der Waals surface area contributed by atoms with Gasteiger partial charge in [-0.2, -0.15) is 0 Å².